The van der Waals surface area contributed by atoms with Crippen LogP contribution in [-0.2, 0) is 23.2 Å². The van der Waals surface area contributed by atoms with Crippen molar-refractivity contribution in [3.05, 3.63) is 57.3 Å². The fraction of sp³-hybridized carbons (Fsp3) is 0.318. The van der Waals surface area contributed by atoms with Crippen LogP contribution in [0.1, 0.15) is 5.82 Å². The maximum atomic E-state index is 12.5. The first kappa shape index (κ1) is 24.9. The van der Waals surface area contributed by atoms with Crippen LogP contribution in [0.4, 0.5) is 11.4 Å². The molecule has 0 bridgehead atoms. The van der Waals surface area contributed by atoms with Crippen molar-refractivity contribution < 1.29 is 14.3 Å². The standard InChI is InChI=1S/C22H22Cl3N5O3S/c1-29-20(12-33-19-5-2-14(23)10-17(19)25)27-28-22(29)34-13-21(31)26-15-3-4-18(16(24)11-15)30-6-8-32-9-7-30/h2-5,10-11H,6-9,12-13H2,1H3,(H,26,31). The number of anilines is 2. The van der Waals surface area contributed by atoms with E-state index in [1.54, 1.807) is 28.8 Å². The Morgan fingerprint density at radius 1 is 1.12 bits per heavy atom. The summed E-state index contributed by atoms with van der Waals surface area (Å²) in [6.45, 7) is 3.11. The molecule has 12 heteroatoms. The van der Waals surface area contributed by atoms with Gasteiger partial charge in [0, 0.05) is 30.8 Å². The number of benzene rings is 2. The molecule has 1 aliphatic heterocycles. The number of thioether (sulfide) groups is 1. The quantitative estimate of drug-likeness (QED) is 0.405. The van der Waals surface area contributed by atoms with Gasteiger partial charge in [0.25, 0.3) is 0 Å². The lowest BCUT2D eigenvalue weighted by atomic mass is 10.2. The first-order chi connectivity index (χ1) is 16.4. The van der Waals surface area contributed by atoms with E-state index in [0.29, 0.717) is 50.7 Å². The molecule has 2 heterocycles. The van der Waals surface area contributed by atoms with Gasteiger partial charge in [-0.2, -0.15) is 0 Å². The molecule has 1 aliphatic rings. The molecule has 0 radical (unpaired) electrons. The van der Waals surface area contributed by atoms with Crippen molar-refractivity contribution in [2.45, 2.75) is 11.8 Å². The van der Waals surface area contributed by atoms with Crippen molar-refractivity contribution >= 4 is 63.8 Å². The Labute approximate surface area is 216 Å². The zero-order chi connectivity index (χ0) is 24.1. The topological polar surface area (TPSA) is 81.5 Å². The molecule has 180 valence electrons. The summed E-state index contributed by atoms with van der Waals surface area (Å²) in [5.41, 5.74) is 1.57. The summed E-state index contributed by atoms with van der Waals surface area (Å²) in [6, 6.07) is 10.5. The zero-order valence-electron chi connectivity index (χ0n) is 18.3. The first-order valence-corrected chi connectivity index (χ1v) is 12.5. The van der Waals surface area contributed by atoms with E-state index in [1.807, 2.05) is 19.2 Å². The lowest BCUT2D eigenvalue weighted by molar-refractivity contribution is -0.113. The molecule has 1 aromatic heterocycles. The molecule has 1 fully saturated rings. The number of ether oxygens (including phenoxy) is 2. The highest BCUT2D eigenvalue weighted by Gasteiger charge is 2.16. The van der Waals surface area contributed by atoms with Crippen LogP contribution >= 0.6 is 46.6 Å². The third kappa shape index (κ3) is 6.28. The van der Waals surface area contributed by atoms with Crippen LogP contribution in [0.5, 0.6) is 5.75 Å². The second-order valence-corrected chi connectivity index (χ2v) is 9.62. The summed E-state index contributed by atoms with van der Waals surface area (Å²) in [6.07, 6.45) is 0. The number of rotatable bonds is 8. The number of hydrogen-bond acceptors (Lipinski definition) is 7. The molecule has 0 spiro atoms. The minimum absolute atomic E-state index is 0.165. The van der Waals surface area contributed by atoms with Crippen LogP contribution < -0.4 is 15.0 Å². The Bertz CT molecular complexity index is 1170. The van der Waals surface area contributed by atoms with Crippen LogP contribution in [0.2, 0.25) is 15.1 Å². The first-order valence-electron chi connectivity index (χ1n) is 10.4. The Balaban J connectivity index is 1.29. The smallest absolute Gasteiger partial charge is 0.234 e. The van der Waals surface area contributed by atoms with Gasteiger partial charge in [-0.05, 0) is 36.4 Å². The number of morpholine rings is 1. The van der Waals surface area contributed by atoms with Crippen molar-refractivity contribution in [2.24, 2.45) is 7.05 Å². The minimum atomic E-state index is -0.172. The molecule has 1 saturated heterocycles. The van der Waals surface area contributed by atoms with Crippen LogP contribution in [-0.4, -0.2) is 52.7 Å². The Kier molecular flexibility index (Phi) is 8.44. The SMILES string of the molecule is Cn1c(COc2ccc(Cl)cc2Cl)nnc1SCC(=O)Nc1ccc(N2CCOCC2)c(Cl)c1. The van der Waals surface area contributed by atoms with E-state index in [2.05, 4.69) is 20.4 Å². The summed E-state index contributed by atoms with van der Waals surface area (Å²) in [7, 11) is 1.81. The number of amides is 1. The molecule has 2 aromatic carbocycles. The van der Waals surface area contributed by atoms with Crippen LogP contribution in [0.3, 0.4) is 0 Å². The number of nitrogens with zero attached hydrogens (tertiary/aromatic N) is 4. The van der Waals surface area contributed by atoms with Crippen LogP contribution in [0, 0.1) is 0 Å². The van der Waals surface area contributed by atoms with Gasteiger partial charge in [-0.25, -0.2) is 0 Å². The van der Waals surface area contributed by atoms with Gasteiger partial charge in [0.1, 0.15) is 12.4 Å². The van der Waals surface area contributed by atoms with E-state index in [1.165, 1.54) is 11.8 Å². The van der Waals surface area contributed by atoms with Gasteiger partial charge in [0.05, 0.1) is 34.7 Å². The van der Waals surface area contributed by atoms with E-state index >= 15 is 0 Å². The number of nitrogens with one attached hydrogen (secondary N) is 1. The van der Waals surface area contributed by atoms with Gasteiger partial charge in [-0.3, -0.25) is 4.79 Å². The van der Waals surface area contributed by atoms with Crippen molar-refractivity contribution in [3.63, 3.8) is 0 Å². The summed E-state index contributed by atoms with van der Waals surface area (Å²) < 4.78 is 12.9. The summed E-state index contributed by atoms with van der Waals surface area (Å²) in [4.78, 5) is 14.6. The van der Waals surface area contributed by atoms with Gasteiger partial charge in [0.2, 0.25) is 5.91 Å². The number of halogens is 3. The molecule has 34 heavy (non-hydrogen) atoms. The Morgan fingerprint density at radius 2 is 1.91 bits per heavy atom. The maximum Gasteiger partial charge on any atom is 0.234 e. The van der Waals surface area contributed by atoms with Gasteiger partial charge < -0.3 is 24.3 Å². The predicted molar refractivity (Wildman–Crippen MR) is 136 cm³/mol. The summed E-state index contributed by atoms with van der Waals surface area (Å²) in [5.74, 6) is 1.09. The highest BCUT2D eigenvalue weighted by Crippen LogP contribution is 2.30. The highest BCUT2D eigenvalue weighted by atomic mass is 35.5. The molecule has 1 amide bonds. The average molecular weight is 543 g/mol. The number of carbonyl (C=O) groups excluding carboxylic acids is 1. The molecule has 0 unspecified atom stereocenters. The molecule has 1 N–H and O–H groups in total. The number of aromatic nitrogens is 3. The van der Waals surface area contributed by atoms with E-state index in [9.17, 15) is 4.79 Å². The van der Waals surface area contributed by atoms with Gasteiger partial charge in [0.15, 0.2) is 11.0 Å². The van der Waals surface area contributed by atoms with Gasteiger partial charge in [-0.1, -0.05) is 46.6 Å². The molecule has 4 rings (SSSR count). The largest absolute Gasteiger partial charge is 0.484 e. The van der Waals surface area contributed by atoms with Crippen molar-refractivity contribution in [3.8, 4) is 5.75 Å². The third-order valence-electron chi connectivity index (χ3n) is 5.09. The zero-order valence-corrected chi connectivity index (χ0v) is 21.3. The maximum absolute atomic E-state index is 12.5. The predicted octanol–water partition coefficient (Wildman–Crippen LogP) is 4.92. The lowest BCUT2D eigenvalue weighted by Crippen LogP contribution is -2.36. The van der Waals surface area contributed by atoms with E-state index in [0.717, 1.165) is 18.8 Å². The minimum Gasteiger partial charge on any atom is -0.484 e. The molecular formula is C22H22Cl3N5O3S. The summed E-state index contributed by atoms with van der Waals surface area (Å²) in [5, 5.41) is 13.3. The molecule has 0 aliphatic carbocycles. The molecule has 0 saturated carbocycles. The van der Waals surface area contributed by atoms with E-state index in [-0.39, 0.29) is 18.3 Å². The highest BCUT2D eigenvalue weighted by molar-refractivity contribution is 7.99. The van der Waals surface area contributed by atoms with E-state index in [4.69, 9.17) is 44.3 Å². The Morgan fingerprint density at radius 3 is 2.65 bits per heavy atom. The average Bonchev–Trinajstić information content (AvgIpc) is 3.17. The van der Waals surface area contributed by atoms with Crippen LogP contribution in [0.15, 0.2) is 41.6 Å². The van der Waals surface area contributed by atoms with Crippen molar-refractivity contribution in [1.29, 1.82) is 0 Å². The second-order valence-electron chi connectivity index (χ2n) is 7.42. The molecule has 0 atom stereocenters. The number of carbonyl (C=O) groups is 1. The molecular weight excluding hydrogens is 521 g/mol. The molecule has 8 nitrogen and oxygen atoms in total. The summed E-state index contributed by atoms with van der Waals surface area (Å²) >= 11 is 19.8. The van der Waals surface area contributed by atoms with Crippen molar-refractivity contribution in [1.82, 2.24) is 14.8 Å². The van der Waals surface area contributed by atoms with Crippen molar-refractivity contribution in [2.75, 3.05) is 42.3 Å². The Hall–Kier alpha value is -2.17. The molecule has 3 aromatic rings. The fourth-order valence-electron chi connectivity index (χ4n) is 3.30. The van der Waals surface area contributed by atoms with Crippen LogP contribution in [0.25, 0.3) is 0 Å². The van der Waals surface area contributed by atoms with E-state index < -0.39 is 0 Å². The van der Waals surface area contributed by atoms with Gasteiger partial charge in [-0.15, -0.1) is 10.2 Å². The second kappa shape index (κ2) is 11.5. The van der Waals surface area contributed by atoms with Gasteiger partial charge >= 0.3 is 0 Å². The third-order valence-corrected chi connectivity index (χ3v) is 6.94. The fourth-order valence-corrected chi connectivity index (χ4v) is 4.80. The normalized spacial score (nSPS) is 13.7. The number of hydrogen-bond donors (Lipinski definition) is 1. The lowest BCUT2D eigenvalue weighted by Gasteiger charge is -2.29. The monoisotopic (exact) mass is 541 g/mol.